The van der Waals surface area contributed by atoms with E-state index < -0.39 is 46.8 Å². The number of pyridine rings is 8. The predicted octanol–water partition coefficient (Wildman–Crippen LogP) is 21.2. The van der Waals surface area contributed by atoms with Crippen LogP contribution < -0.4 is 0 Å². The average Bonchev–Trinajstić information content (AvgIpc) is 1.67. The molecule has 0 aliphatic rings. The van der Waals surface area contributed by atoms with E-state index in [9.17, 15) is 44.7 Å². The fraction of sp³-hybridized carbons (Fsp3) is 0.149. The number of carboxylic acids is 2. The van der Waals surface area contributed by atoms with Crippen molar-refractivity contribution in [3.8, 4) is 78.0 Å². The molecular weight excluding hydrogens is 2820 g/mol. The van der Waals surface area contributed by atoms with E-state index in [4.69, 9.17) is 40.9 Å². The zero-order valence-electron chi connectivity index (χ0n) is 72.0. The van der Waals surface area contributed by atoms with Gasteiger partial charge in [-0.25, -0.2) is 35.3 Å². The number of fused-ring (bicyclic) bond motifs is 1. The molecule has 134 heavy (non-hydrogen) atoms. The number of carbonyl (C=O) groups is 2. The van der Waals surface area contributed by atoms with Crippen LogP contribution in [0.1, 0.15) is 81.8 Å². The van der Waals surface area contributed by atoms with E-state index in [1.807, 2.05) is 91.1 Å². The number of nitrogens with zero attached hydrogens (tertiary/aromatic N) is 8. The van der Waals surface area contributed by atoms with Gasteiger partial charge in [-0.05, 0) is 172 Å². The summed E-state index contributed by atoms with van der Waals surface area (Å²) in [7, 11) is 0. The van der Waals surface area contributed by atoms with Crippen molar-refractivity contribution in [2.45, 2.75) is 97.4 Å². The summed E-state index contributed by atoms with van der Waals surface area (Å²) in [5, 5.41) is 69.2. The Morgan fingerprint density at radius 1 is 0.313 bits per heavy atom. The van der Waals surface area contributed by atoms with Crippen LogP contribution in [-0.4, -0.2) is 129 Å². The third kappa shape index (κ3) is 48.8. The molecule has 8 N–H and O–H groups in total. The number of benzene rings is 7. The van der Waals surface area contributed by atoms with Gasteiger partial charge in [-0.3, -0.25) is 30.7 Å². The number of thiophene rings is 1. The Morgan fingerprint density at radius 2 is 0.604 bits per heavy atom. The smallest absolute Gasteiger partial charge is 0.354 e. The van der Waals surface area contributed by atoms with Crippen LogP contribution in [0.3, 0.4) is 0 Å². The molecule has 0 aliphatic carbocycles. The summed E-state index contributed by atoms with van der Waals surface area (Å²) in [5.41, 5.74) is 7.84. The number of aromatic nitrogens is 8. The van der Waals surface area contributed by atoms with Gasteiger partial charge in [-0.1, -0.05) is 155 Å². The normalized spacial score (nSPS) is 11.0. The van der Waals surface area contributed by atoms with Crippen molar-refractivity contribution in [1.29, 1.82) is 0 Å². The Kier molecular flexibility index (Phi) is 64.2. The van der Waals surface area contributed by atoms with Crippen molar-refractivity contribution in [1.82, 2.24) is 39.9 Å². The quantitative estimate of drug-likeness (QED) is 0.0349. The molecule has 0 saturated carbocycles. The van der Waals surface area contributed by atoms with Crippen LogP contribution in [0.25, 0.3) is 88.1 Å². The molecule has 6 radical (unpaired) electrons. The topological polar surface area (TPSA) is 299 Å². The fourth-order valence-corrected chi connectivity index (χ4v) is 11.6. The molecule has 33 heteroatoms. The second-order valence-electron chi connectivity index (χ2n) is 27.2. The van der Waals surface area contributed by atoms with Crippen LogP contribution in [-0.2, 0) is 121 Å². The SMILES string of the molecule is CC(O)CC(C)O.CC(O)CC(C)O.CC(O)CC(C)O.Fc1c[c-]c(-c2ccccn2)c(F)c1.Fc1c[c-]c(-c2ccccn2)c(F)c1.Fc1c[c-]c(-c2ccccn2)c(F)c1.Fc1ccc(-c2cc(F)c[c-]c2-c2ccccn2)cc1.O=C(O)c1ccccn1.O=C(O)c1ccccn1.[Ir].[Ir].[Ir].[Ir].[Ir].[Ir].[c-]1c(-c2ccccn2)sc2ccccc12.[c-]1ccccc1-c1ccccn1. The van der Waals surface area contributed by atoms with Crippen molar-refractivity contribution < 1.29 is 206 Å². The number of hydrogen-bond donors (Lipinski definition) is 8. The first-order chi connectivity index (χ1) is 61.4. The summed E-state index contributed by atoms with van der Waals surface area (Å²) < 4.78 is 105. The second-order valence-corrected chi connectivity index (χ2v) is 28.2. The minimum absolute atomic E-state index is 0. The van der Waals surface area contributed by atoms with Crippen molar-refractivity contribution in [2.24, 2.45) is 0 Å². The van der Waals surface area contributed by atoms with Gasteiger partial charge >= 0.3 is 11.9 Å². The van der Waals surface area contributed by atoms with Gasteiger partial charge in [-0.2, -0.15) is 0 Å². The first-order valence-corrected chi connectivity index (χ1v) is 40.1. The van der Waals surface area contributed by atoms with Gasteiger partial charge < -0.3 is 70.8 Å². The summed E-state index contributed by atoms with van der Waals surface area (Å²) in [6, 6.07) is 89.5. The number of aromatic carboxylic acids is 2. The molecule has 0 bridgehead atoms. The predicted molar refractivity (Wildman–Crippen MR) is 478 cm³/mol. The third-order valence-corrected chi connectivity index (χ3v) is 17.1. The van der Waals surface area contributed by atoms with E-state index in [0.717, 1.165) is 63.8 Å². The molecule has 18 nitrogen and oxygen atoms in total. The molecule has 9 aromatic heterocycles. The molecule has 9 heterocycles. The second kappa shape index (κ2) is 69.5. The van der Waals surface area contributed by atoms with Gasteiger partial charge in [0.25, 0.3) is 0 Å². The van der Waals surface area contributed by atoms with E-state index in [0.29, 0.717) is 53.2 Å². The summed E-state index contributed by atoms with van der Waals surface area (Å²) in [5.74, 6) is -6.55. The monoisotopic (exact) mass is 2920 g/mol. The van der Waals surface area contributed by atoms with Crippen LogP contribution in [0.15, 0.2) is 316 Å². The molecule has 6 unspecified atom stereocenters. The summed E-state index contributed by atoms with van der Waals surface area (Å²) in [4.78, 5) is 53.2. The van der Waals surface area contributed by atoms with Gasteiger partial charge in [0.1, 0.15) is 17.2 Å². The van der Waals surface area contributed by atoms with Gasteiger partial charge in [-0.15, -0.1) is 120 Å². The van der Waals surface area contributed by atoms with Crippen LogP contribution in [0, 0.1) is 82.9 Å². The molecule has 716 valence electrons. The van der Waals surface area contributed by atoms with Crippen LogP contribution in [0.5, 0.6) is 0 Å². The minimum atomic E-state index is -0.990. The Labute approximate surface area is 857 Å². The van der Waals surface area contributed by atoms with E-state index in [2.05, 4.69) is 94.5 Å². The molecule has 0 fully saturated rings. The fourth-order valence-electron chi connectivity index (χ4n) is 10.6. The maximum absolute atomic E-state index is 13.5. The van der Waals surface area contributed by atoms with Crippen molar-refractivity contribution in [2.75, 3.05) is 0 Å². The van der Waals surface area contributed by atoms with Crippen LogP contribution in [0.2, 0.25) is 0 Å². The van der Waals surface area contributed by atoms with E-state index in [-0.39, 0.29) is 197 Å². The Morgan fingerprint density at radius 3 is 0.881 bits per heavy atom. The Bertz CT molecular complexity index is 5470. The zero-order valence-corrected chi connectivity index (χ0v) is 87.2. The van der Waals surface area contributed by atoms with Crippen LogP contribution >= 0.6 is 11.3 Å². The van der Waals surface area contributed by atoms with Gasteiger partial charge in [0, 0.05) is 217 Å². The maximum Gasteiger partial charge on any atom is 0.354 e. The molecule has 16 rings (SSSR count). The summed E-state index contributed by atoms with van der Waals surface area (Å²) in [6.07, 6.45) is 12.0. The standard InChI is InChI=1S/C17H10F2N.C13H8NS.3C11H6F2N.C11H8N.2C6H5NO2.3C5H12O2.6Ir/c18-13-6-4-12(5-7-13)16-11-14(19)8-9-15(16)17-3-1-2-10-20-17;1-2-7-12-10(5-1)9-13(15-12)11-6-3-4-8-14-11;3*12-8-4-5-9(10(13)7-8)11-3-1-2-6-14-11;1-2-6-10(7-3-1)11-8-4-5-9-12-11;2*8-6(9)5-3-1-2-4-7-5;3*1-4(6)3-5(2)7;;;;;;/h1-8,10-11H;1-8H;3*1-4,6-7H;1-6,8-9H;2*1-4H,(H,8,9);3*4-7H,3H2,1-2H3;;;;;;/q6*-1;;;;;;;;;;;. The minimum Gasteiger partial charge on any atom is -0.477 e. The first-order valence-electron chi connectivity index (χ1n) is 39.2. The van der Waals surface area contributed by atoms with Crippen molar-refractivity contribution >= 4 is 33.4 Å². The molecule has 0 spiro atoms. The maximum atomic E-state index is 13.5. The third-order valence-electron chi connectivity index (χ3n) is 16.0. The van der Waals surface area contributed by atoms with E-state index in [1.54, 1.807) is 175 Å². The van der Waals surface area contributed by atoms with Gasteiger partial charge in [0.15, 0.2) is 0 Å². The van der Waals surface area contributed by atoms with Gasteiger partial charge in [0.05, 0.1) is 36.6 Å². The summed E-state index contributed by atoms with van der Waals surface area (Å²) in [6.45, 7) is 9.96. The van der Waals surface area contributed by atoms with E-state index >= 15 is 0 Å². The summed E-state index contributed by atoms with van der Waals surface area (Å²) >= 11 is 1.73. The van der Waals surface area contributed by atoms with Gasteiger partial charge in [0.2, 0.25) is 0 Å². The molecule has 0 amide bonds. The number of aliphatic hydroxyl groups is 6. The molecule has 7 aromatic carbocycles. The zero-order chi connectivity index (χ0) is 93.1. The Hall–Kier alpha value is -10.3. The Balaban J connectivity index is 0.00000147. The largest absolute Gasteiger partial charge is 0.477 e. The number of halogens is 8. The average molecular weight is 2910 g/mol. The molecule has 6 atom stereocenters. The molecule has 0 aliphatic heterocycles. The first kappa shape index (κ1) is 124. The number of aliphatic hydroxyl groups excluding tert-OH is 6. The number of hydrogen-bond acceptors (Lipinski definition) is 17. The number of carboxylic acid groups (broad SMARTS) is 2. The van der Waals surface area contributed by atoms with E-state index in [1.165, 1.54) is 58.9 Å². The molecule has 16 aromatic rings. The van der Waals surface area contributed by atoms with Crippen molar-refractivity contribution in [3.05, 3.63) is 411 Å². The number of rotatable bonds is 15. The van der Waals surface area contributed by atoms with Crippen molar-refractivity contribution in [3.63, 3.8) is 0 Å². The molecular formula is C101H90F8Ir6N8O10S-6. The van der Waals surface area contributed by atoms with Crippen LogP contribution in [0.4, 0.5) is 35.1 Å². The molecule has 0 saturated heterocycles.